The molecule has 1 aromatic heterocycles. The number of ether oxygens (including phenoxy) is 1. The van der Waals surface area contributed by atoms with Crippen LogP contribution in [0.5, 0.6) is 0 Å². The number of nitrogens with zero attached hydrogens (tertiary/aromatic N) is 1. The molecule has 88 valence electrons. The third kappa shape index (κ3) is 2.09. The molecule has 0 aliphatic carbocycles. The van der Waals surface area contributed by atoms with Crippen molar-refractivity contribution >= 4 is 40.6 Å². The second-order valence-electron chi connectivity index (χ2n) is 4.12. The van der Waals surface area contributed by atoms with Crippen LogP contribution < -0.4 is 0 Å². The van der Waals surface area contributed by atoms with Gasteiger partial charge in [0.1, 0.15) is 0 Å². The van der Waals surface area contributed by atoms with E-state index in [0.717, 1.165) is 0 Å². The number of carbonyl (C=O) groups excluding carboxylic acids is 1. The van der Waals surface area contributed by atoms with Gasteiger partial charge in [0.05, 0.1) is 18.8 Å². The van der Waals surface area contributed by atoms with Gasteiger partial charge in [0.2, 0.25) is 5.78 Å². The van der Waals surface area contributed by atoms with E-state index in [1.807, 2.05) is 11.5 Å². The van der Waals surface area contributed by atoms with Crippen molar-refractivity contribution in [1.82, 2.24) is 4.57 Å². The van der Waals surface area contributed by atoms with Crippen molar-refractivity contribution in [1.29, 1.82) is 0 Å². The molecule has 1 aliphatic rings. The van der Waals surface area contributed by atoms with Crippen LogP contribution in [-0.2, 0) is 10.3 Å². The molecule has 0 radical (unpaired) electrons. The lowest BCUT2D eigenvalue weighted by atomic mass is 10.0. The predicted octanol–water partition coefficient (Wildman–Crippen LogP) is 2.79. The van der Waals surface area contributed by atoms with Crippen molar-refractivity contribution in [2.45, 2.75) is 16.3 Å². The van der Waals surface area contributed by atoms with E-state index in [1.54, 1.807) is 18.5 Å². The molecule has 0 aromatic carbocycles. The molecule has 1 aliphatic heterocycles. The molecule has 0 N–H and O–H groups in total. The Hall–Kier alpha value is -0.220. The van der Waals surface area contributed by atoms with Crippen LogP contribution in [0.3, 0.4) is 0 Å². The van der Waals surface area contributed by atoms with Gasteiger partial charge in [0, 0.05) is 18.0 Å². The van der Waals surface area contributed by atoms with E-state index in [2.05, 4.69) is 0 Å². The van der Waals surface area contributed by atoms with E-state index in [1.165, 1.54) is 0 Å². The van der Waals surface area contributed by atoms with Crippen molar-refractivity contribution in [3.8, 4) is 0 Å². The van der Waals surface area contributed by atoms with Gasteiger partial charge in [-0.2, -0.15) is 0 Å². The summed E-state index contributed by atoms with van der Waals surface area (Å²) in [6.07, 6.45) is 3.49. The van der Waals surface area contributed by atoms with Crippen LogP contribution in [0.25, 0.3) is 0 Å². The van der Waals surface area contributed by atoms with Crippen molar-refractivity contribution in [2.24, 2.45) is 0 Å². The number of hydrogen-bond donors (Lipinski definition) is 0. The predicted molar refractivity (Wildman–Crippen MR) is 63.5 cm³/mol. The molecule has 2 rings (SSSR count). The van der Waals surface area contributed by atoms with Crippen molar-refractivity contribution in [3.05, 3.63) is 24.0 Å². The minimum absolute atomic E-state index is 0.0911. The van der Waals surface area contributed by atoms with Crippen LogP contribution in [0.1, 0.15) is 17.3 Å². The van der Waals surface area contributed by atoms with E-state index in [0.29, 0.717) is 18.8 Å². The highest BCUT2D eigenvalue weighted by molar-refractivity contribution is 6.77. The minimum atomic E-state index is -1.90. The van der Waals surface area contributed by atoms with Crippen LogP contribution in [-0.4, -0.2) is 27.4 Å². The summed E-state index contributed by atoms with van der Waals surface area (Å²) in [7, 11) is 0. The molecule has 0 atom stereocenters. The van der Waals surface area contributed by atoms with Gasteiger partial charge in [-0.1, -0.05) is 34.8 Å². The van der Waals surface area contributed by atoms with Crippen molar-refractivity contribution in [2.75, 3.05) is 13.2 Å². The molecule has 1 aromatic rings. The highest BCUT2D eigenvalue weighted by atomic mass is 35.6. The molecule has 0 unspecified atom stereocenters. The molecule has 0 spiro atoms. The zero-order valence-corrected chi connectivity index (χ0v) is 10.8. The summed E-state index contributed by atoms with van der Waals surface area (Å²) in [5.74, 6) is -0.514. The molecular formula is C10H10Cl3NO2. The molecule has 1 saturated heterocycles. The summed E-state index contributed by atoms with van der Waals surface area (Å²) in [5.41, 5.74) is 0.305. The Morgan fingerprint density at radius 3 is 2.56 bits per heavy atom. The molecule has 6 heteroatoms. The Balaban J connectivity index is 2.23. The molecular weight excluding hydrogens is 272 g/mol. The Morgan fingerprint density at radius 2 is 2.12 bits per heavy atom. The summed E-state index contributed by atoms with van der Waals surface area (Å²) in [5, 5.41) is 0. The topological polar surface area (TPSA) is 31.2 Å². The normalized spacial score (nSPS) is 19.2. The van der Waals surface area contributed by atoms with E-state index < -0.39 is 9.58 Å². The third-order valence-corrected chi connectivity index (χ3v) is 3.18. The second kappa shape index (κ2) is 3.91. The first kappa shape index (κ1) is 12.2. The van der Waals surface area contributed by atoms with Gasteiger partial charge in [-0.15, -0.1) is 0 Å². The van der Waals surface area contributed by atoms with Crippen LogP contribution in [0, 0.1) is 0 Å². The number of halogens is 3. The maximum Gasteiger partial charge on any atom is 0.253 e. The van der Waals surface area contributed by atoms with Crippen LogP contribution in [0.15, 0.2) is 18.5 Å². The lowest BCUT2D eigenvalue weighted by molar-refractivity contribution is -0.0895. The molecule has 16 heavy (non-hydrogen) atoms. The summed E-state index contributed by atoms with van der Waals surface area (Å²) in [4.78, 5) is 11.7. The van der Waals surface area contributed by atoms with Gasteiger partial charge in [-0.05, 0) is 13.0 Å². The first-order valence-corrected chi connectivity index (χ1v) is 5.84. The smallest absolute Gasteiger partial charge is 0.253 e. The SMILES string of the molecule is CC1(n2ccc(C(=O)C(Cl)(Cl)Cl)c2)COC1. The molecule has 0 amide bonds. The third-order valence-electron chi connectivity index (χ3n) is 2.66. The number of Topliss-reactive ketones (excluding diaryl/α,β-unsaturated/α-hetero) is 1. The standard InChI is InChI=1S/C10H10Cl3NO2/c1-9(5-16-6-9)14-3-2-7(4-14)8(15)10(11,12)13/h2-4H,5-6H2,1H3. The quantitative estimate of drug-likeness (QED) is 0.617. The molecule has 1 fully saturated rings. The van der Waals surface area contributed by atoms with Gasteiger partial charge >= 0.3 is 0 Å². The lowest BCUT2D eigenvalue weighted by Crippen LogP contribution is -2.48. The van der Waals surface area contributed by atoms with E-state index in [9.17, 15) is 4.79 Å². The Morgan fingerprint density at radius 1 is 1.50 bits per heavy atom. The van der Waals surface area contributed by atoms with Gasteiger partial charge in [-0.3, -0.25) is 4.79 Å². The average Bonchev–Trinajstić information content (AvgIpc) is 2.60. The number of hydrogen-bond acceptors (Lipinski definition) is 2. The first-order chi connectivity index (χ1) is 7.33. The second-order valence-corrected chi connectivity index (χ2v) is 6.41. The minimum Gasteiger partial charge on any atom is -0.376 e. The number of alkyl halides is 3. The Kier molecular flexibility index (Phi) is 2.99. The largest absolute Gasteiger partial charge is 0.376 e. The van der Waals surface area contributed by atoms with Crippen LogP contribution in [0.4, 0.5) is 0 Å². The summed E-state index contributed by atoms with van der Waals surface area (Å²) >= 11 is 16.6. The highest BCUT2D eigenvalue weighted by Crippen LogP contribution is 2.32. The Labute approximate surface area is 108 Å². The van der Waals surface area contributed by atoms with Gasteiger partial charge in [0.25, 0.3) is 3.79 Å². The molecule has 3 nitrogen and oxygen atoms in total. The zero-order chi connectivity index (χ0) is 12.0. The maximum atomic E-state index is 11.7. The highest BCUT2D eigenvalue weighted by Gasteiger charge is 2.37. The number of ketones is 1. The average molecular weight is 283 g/mol. The first-order valence-electron chi connectivity index (χ1n) is 4.71. The monoisotopic (exact) mass is 281 g/mol. The van der Waals surface area contributed by atoms with E-state index in [-0.39, 0.29) is 5.54 Å². The molecule has 0 bridgehead atoms. The summed E-state index contributed by atoms with van der Waals surface area (Å²) in [6, 6.07) is 1.65. The zero-order valence-electron chi connectivity index (χ0n) is 8.54. The van der Waals surface area contributed by atoms with E-state index >= 15 is 0 Å². The maximum absolute atomic E-state index is 11.7. The summed E-state index contributed by atoms with van der Waals surface area (Å²) in [6.45, 7) is 3.30. The number of aromatic nitrogens is 1. The Bertz CT molecular complexity index is 418. The lowest BCUT2D eigenvalue weighted by Gasteiger charge is -2.39. The summed E-state index contributed by atoms with van der Waals surface area (Å²) < 4.78 is 5.16. The van der Waals surface area contributed by atoms with Crippen molar-refractivity contribution < 1.29 is 9.53 Å². The van der Waals surface area contributed by atoms with Crippen LogP contribution in [0.2, 0.25) is 0 Å². The number of carbonyl (C=O) groups is 1. The van der Waals surface area contributed by atoms with E-state index in [4.69, 9.17) is 39.5 Å². The fourth-order valence-corrected chi connectivity index (χ4v) is 1.90. The van der Waals surface area contributed by atoms with Gasteiger partial charge in [-0.25, -0.2) is 0 Å². The van der Waals surface area contributed by atoms with Gasteiger partial charge in [0.15, 0.2) is 0 Å². The van der Waals surface area contributed by atoms with Crippen molar-refractivity contribution in [3.63, 3.8) is 0 Å². The fraction of sp³-hybridized carbons (Fsp3) is 0.500. The number of rotatable bonds is 2. The molecule has 2 heterocycles. The fourth-order valence-electron chi connectivity index (χ4n) is 1.58. The van der Waals surface area contributed by atoms with Gasteiger partial charge < -0.3 is 9.30 Å². The van der Waals surface area contributed by atoms with Crippen LogP contribution >= 0.6 is 34.8 Å². The molecule has 0 saturated carbocycles.